The number of imide groups is 1. The van der Waals surface area contributed by atoms with Gasteiger partial charge in [-0.1, -0.05) is 36.4 Å². The van der Waals surface area contributed by atoms with E-state index in [1.807, 2.05) is 71.8 Å². The first kappa shape index (κ1) is 42.2. The van der Waals surface area contributed by atoms with Crippen LogP contribution in [0.25, 0.3) is 0 Å². The molecule has 1 aliphatic carbocycles. The molecular formula is C50H45N5O11. The fraction of sp³-hybridized carbons (Fsp3) is 0.300. The molecular weight excluding hydrogens is 847 g/mol. The van der Waals surface area contributed by atoms with Crippen molar-refractivity contribution in [1.29, 1.82) is 0 Å². The summed E-state index contributed by atoms with van der Waals surface area (Å²) in [6, 6.07) is 23.8. The van der Waals surface area contributed by atoms with Gasteiger partial charge in [0.2, 0.25) is 0 Å². The average Bonchev–Trinajstić information content (AvgIpc) is 3.95. The summed E-state index contributed by atoms with van der Waals surface area (Å²) in [5, 5.41) is 0.528. The van der Waals surface area contributed by atoms with Crippen molar-refractivity contribution in [3.05, 3.63) is 130 Å². The quantitative estimate of drug-likeness (QED) is 0.101. The molecule has 1 fully saturated rings. The highest BCUT2D eigenvalue weighted by Gasteiger charge is 2.41. The number of nitrogens with zero attached hydrogens (tertiary/aromatic N) is 5. The van der Waals surface area contributed by atoms with Gasteiger partial charge >= 0.3 is 5.97 Å². The minimum atomic E-state index is -0.721. The van der Waals surface area contributed by atoms with Crippen molar-refractivity contribution in [2.24, 2.45) is 9.98 Å². The minimum absolute atomic E-state index is 0.00735. The van der Waals surface area contributed by atoms with Crippen molar-refractivity contribution in [3.8, 4) is 17.2 Å². The number of hydrogen-bond donors (Lipinski definition) is 0. The Labute approximate surface area is 379 Å². The number of rotatable bonds is 14. The minimum Gasteiger partial charge on any atom is -0.494 e. The lowest BCUT2D eigenvalue weighted by molar-refractivity contribution is -0.197. The lowest BCUT2D eigenvalue weighted by atomic mass is 9.96. The number of fused-ring (bicyclic) bond motifs is 8. The zero-order chi connectivity index (χ0) is 45.5. The molecule has 6 aliphatic rings. The van der Waals surface area contributed by atoms with Crippen molar-refractivity contribution in [2.75, 3.05) is 30.6 Å². The van der Waals surface area contributed by atoms with E-state index in [1.54, 1.807) is 35.4 Å². The van der Waals surface area contributed by atoms with E-state index in [1.165, 1.54) is 14.2 Å². The molecule has 0 N–H and O–H groups in total. The van der Waals surface area contributed by atoms with Gasteiger partial charge in [0.1, 0.15) is 24.7 Å². The maximum Gasteiger partial charge on any atom is 0.333 e. The predicted octanol–water partition coefficient (Wildman–Crippen LogP) is 6.44. The van der Waals surface area contributed by atoms with Crippen molar-refractivity contribution in [1.82, 2.24) is 5.06 Å². The second-order valence-electron chi connectivity index (χ2n) is 16.6. The molecule has 66 heavy (non-hydrogen) atoms. The number of ether oxygens (including phenoxy) is 5. The maximum atomic E-state index is 14.0. The van der Waals surface area contributed by atoms with Crippen LogP contribution in [-0.4, -0.2) is 86.0 Å². The second-order valence-corrected chi connectivity index (χ2v) is 16.6. The summed E-state index contributed by atoms with van der Waals surface area (Å²) in [6.45, 7) is 0.255. The lowest BCUT2D eigenvalue weighted by Crippen LogP contribution is -2.39. The standard InChI is InChI=1S/C50H45N5O11/c1-61-42-21-36-38(51-25-33-19-31-8-3-5-10-40(31)53(33)49(36)59)23-44(42)64-27-29-16-30(18-35(17-29)63-15-7-12-48(58)66-55-46(56)13-14-47(55)57)28-65-45-24-39-37(22-43(45)62-2)50(60)54-34(26-52-39)20-32-9-4-6-11-41(32)54/h3-6,8-11,16-18,21-23,25-26,33-34,39H,7,12-15,19-20,24,27-28H2,1-2H3/t33-,34-,39?/m0/s1. The van der Waals surface area contributed by atoms with E-state index in [9.17, 15) is 24.0 Å². The summed E-state index contributed by atoms with van der Waals surface area (Å²) < 4.78 is 30.5. The Morgan fingerprint density at radius 3 is 2.08 bits per heavy atom. The van der Waals surface area contributed by atoms with Gasteiger partial charge in [0.05, 0.1) is 56.6 Å². The van der Waals surface area contributed by atoms with Gasteiger partial charge in [0.25, 0.3) is 23.6 Å². The van der Waals surface area contributed by atoms with E-state index < -0.39 is 23.8 Å². The molecule has 4 aromatic carbocycles. The molecule has 5 aliphatic heterocycles. The Kier molecular flexibility index (Phi) is 11.3. The van der Waals surface area contributed by atoms with Gasteiger partial charge in [-0.2, -0.15) is 0 Å². The van der Waals surface area contributed by atoms with Gasteiger partial charge in [-0.15, -0.1) is 5.06 Å². The van der Waals surface area contributed by atoms with Crippen molar-refractivity contribution >= 4 is 59.1 Å². The van der Waals surface area contributed by atoms with E-state index in [2.05, 4.69) is 0 Å². The van der Waals surface area contributed by atoms with Gasteiger partial charge in [-0.25, -0.2) is 4.79 Å². The number of methoxy groups -OCH3 is 2. The van der Waals surface area contributed by atoms with E-state index in [0.29, 0.717) is 75.5 Å². The Morgan fingerprint density at radius 2 is 1.38 bits per heavy atom. The molecule has 4 aromatic rings. The number of allylic oxidation sites excluding steroid dienone is 1. The van der Waals surface area contributed by atoms with Gasteiger partial charge < -0.3 is 28.5 Å². The molecule has 16 nitrogen and oxygen atoms in total. The fourth-order valence-corrected chi connectivity index (χ4v) is 9.19. The topological polar surface area (TPSA) is 175 Å². The molecule has 1 saturated heterocycles. The SMILES string of the molecule is COC1=C(OCc2cc(COc3cc4c(cc3OC)C(=O)N3c5ccccc5C[C@H]3C=N4)cc(OCCCC(=O)ON3C(=O)CCC3=O)c2)CC2N=C[C@@H]3Cc4ccccc4N3C(=O)C2=C1. The zero-order valence-electron chi connectivity index (χ0n) is 36.3. The second kappa shape index (κ2) is 17.7. The molecule has 0 aromatic heterocycles. The number of benzene rings is 4. The van der Waals surface area contributed by atoms with Crippen LogP contribution < -0.4 is 24.0 Å². The van der Waals surface area contributed by atoms with Crippen LogP contribution >= 0.6 is 0 Å². The summed E-state index contributed by atoms with van der Waals surface area (Å²) >= 11 is 0. The first-order valence-electron chi connectivity index (χ1n) is 21.8. The number of carbonyl (C=O) groups excluding carboxylic acids is 5. The molecule has 0 bridgehead atoms. The predicted molar refractivity (Wildman–Crippen MR) is 240 cm³/mol. The summed E-state index contributed by atoms with van der Waals surface area (Å²) in [6.07, 6.45) is 7.21. The molecule has 0 saturated carbocycles. The molecule has 1 unspecified atom stereocenters. The molecule has 4 amide bonds. The number of carbonyl (C=O) groups is 5. The van der Waals surface area contributed by atoms with E-state index >= 15 is 0 Å². The number of amides is 4. The summed E-state index contributed by atoms with van der Waals surface area (Å²) in [4.78, 5) is 82.5. The van der Waals surface area contributed by atoms with Crippen LogP contribution in [0.1, 0.15) is 64.7 Å². The molecule has 0 spiro atoms. The third-order valence-corrected chi connectivity index (χ3v) is 12.4. The van der Waals surface area contributed by atoms with E-state index in [-0.39, 0.29) is 69.4 Å². The monoisotopic (exact) mass is 891 g/mol. The van der Waals surface area contributed by atoms with Crippen molar-refractivity contribution in [3.63, 3.8) is 0 Å². The van der Waals surface area contributed by atoms with Gasteiger partial charge in [-0.05, 0) is 71.1 Å². The highest BCUT2D eigenvalue weighted by molar-refractivity contribution is 6.15. The van der Waals surface area contributed by atoms with Crippen LogP contribution in [0.4, 0.5) is 17.1 Å². The van der Waals surface area contributed by atoms with Crippen LogP contribution in [0.5, 0.6) is 17.2 Å². The Morgan fingerprint density at radius 1 is 0.712 bits per heavy atom. The Balaban J connectivity index is 0.873. The van der Waals surface area contributed by atoms with Crippen LogP contribution in [0.2, 0.25) is 0 Å². The molecule has 10 rings (SSSR count). The number of hydrogen-bond acceptors (Lipinski definition) is 13. The van der Waals surface area contributed by atoms with Gasteiger partial charge in [0.15, 0.2) is 17.3 Å². The smallest absolute Gasteiger partial charge is 0.333 e. The Bertz CT molecular complexity index is 2800. The Hall–Kier alpha value is -7.75. The average molecular weight is 892 g/mol. The number of hydroxylamine groups is 2. The first-order chi connectivity index (χ1) is 32.1. The van der Waals surface area contributed by atoms with Gasteiger partial charge in [0, 0.05) is 67.5 Å². The lowest BCUT2D eigenvalue weighted by Gasteiger charge is -2.26. The molecule has 3 atom stereocenters. The molecule has 16 heteroatoms. The summed E-state index contributed by atoms with van der Waals surface area (Å²) in [7, 11) is 3.05. The summed E-state index contributed by atoms with van der Waals surface area (Å²) in [5.74, 6) is 0.0530. The highest BCUT2D eigenvalue weighted by Crippen LogP contribution is 2.42. The molecule has 5 heterocycles. The normalized spacial score (nSPS) is 20.1. The van der Waals surface area contributed by atoms with E-state index in [0.717, 1.165) is 28.1 Å². The summed E-state index contributed by atoms with van der Waals surface area (Å²) in [5.41, 5.74) is 6.75. The zero-order valence-corrected chi connectivity index (χ0v) is 36.3. The molecule has 336 valence electrons. The van der Waals surface area contributed by atoms with Gasteiger partial charge in [-0.3, -0.25) is 39.0 Å². The van der Waals surface area contributed by atoms with Crippen molar-refractivity contribution in [2.45, 2.75) is 76.3 Å². The largest absolute Gasteiger partial charge is 0.494 e. The van der Waals surface area contributed by atoms with Crippen LogP contribution in [0, 0.1) is 0 Å². The third kappa shape index (κ3) is 8.03. The number of para-hydroxylation sites is 2. The van der Waals surface area contributed by atoms with Crippen LogP contribution in [0.15, 0.2) is 112 Å². The maximum absolute atomic E-state index is 14.0. The molecule has 0 radical (unpaired) electrons. The van der Waals surface area contributed by atoms with Crippen LogP contribution in [0.3, 0.4) is 0 Å². The van der Waals surface area contributed by atoms with E-state index in [4.69, 9.17) is 38.5 Å². The first-order valence-corrected chi connectivity index (χ1v) is 21.8. The van der Waals surface area contributed by atoms with Crippen molar-refractivity contribution < 1.29 is 52.5 Å². The fourth-order valence-electron chi connectivity index (χ4n) is 9.19. The third-order valence-electron chi connectivity index (χ3n) is 12.4. The number of aliphatic imine (C=N–C) groups is 2. The van der Waals surface area contributed by atoms with Crippen LogP contribution in [-0.2, 0) is 59.5 Å². The number of anilines is 2. The highest BCUT2D eigenvalue weighted by atomic mass is 16.7.